The van der Waals surface area contributed by atoms with Crippen LogP contribution in [0.4, 0.5) is 0 Å². The highest BCUT2D eigenvalue weighted by Gasteiger charge is 2.36. The second kappa shape index (κ2) is 8.00. The van der Waals surface area contributed by atoms with Crippen molar-refractivity contribution in [1.82, 2.24) is 4.90 Å². The summed E-state index contributed by atoms with van der Waals surface area (Å²) in [6.45, 7) is 14.8. The average molecular weight is 306 g/mol. The molecule has 2 nitrogen and oxygen atoms in total. The first-order valence-corrected chi connectivity index (χ1v) is 10.2. The topological polar surface area (TPSA) is 12.5 Å². The van der Waals surface area contributed by atoms with Crippen molar-refractivity contribution in [3.63, 3.8) is 0 Å². The van der Waals surface area contributed by atoms with Gasteiger partial charge in [-0.3, -0.25) is 4.90 Å². The predicted octanol–water partition coefficient (Wildman–Crippen LogP) is 3.79. The van der Waals surface area contributed by atoms with Gasteiger partial charge in [0.1, 0.15) is 0 Å². The third-order valence-electron chi connectivity index (χ3n) is 3.48. The van der Waals surface area contributed by atoms with Crippen LogP contribution in [-0.4, -0.2) is 51.2 Å². The highest BCUT2D eigenvalue weighted by molar-refractivity contribution is 6.74. The van der Waals surface area contributed by atoms with E-state index in [9.17, 15) is 0 Å². The van der Waals surface area contributed by atoms with Crippen molar-refractivity contribution in [2.24, 2.45) is 0 Å². The van der Waals surface area contributed by atoms with Crippen molar-refractivity contribution < 1.29 is 4.43 Å². The maximum absolute atomic E-state index is 6.13. The van der Waals surface area contributed by atoms with Crippen LogP contribution in [0.2, 0.25) is 18.1 Å². The van der Waals surface area contributed by atoms with Crippen molar-refractivity contribution in [2.45, 2.75) is 38.9 Å². The summed E-state index contributed by atoms with van der Waals surface area (Å²) in [5.74, 6) is 1.30. The lowest BCUT2D eigenvalue weighted by molar-refractivity contribution is 0.211. The molecule has 5 heteroatoms. The van der Waals surface area contributed by atoms with Gasteiger partial charge in [-0.2, -0.15) is 0 Å². The summed E-state index contributed by atoms with van der Waals surface area (Å²) < 4.78 is 6.13. The van der Waals surface area contributed by atoms with Crippen molar-refractivity contribution in [1.29, 1.82) is 0 Å². The number of rotatable bonds is 8. The minimum atomic E-state index is -1.61. The maximum Gasteiger partial charge on any atom is 0.192 e. The SMILES string of the molecule is CC(C)(C)[Si](C)(C)O[13CH2][13CH2]N([13CH2][13CH2]Cl)[13CH2][13CH2]Cl. The molecule has 0 spiro atoms. The van der Waals surface area contributed by atoms with Crippen LogP contribution in [0.5, 0.6) is 0 Å². The molecule has 0 rings (SSSR count). The van der Waals surface area contributed by atoms with Crippen LogP contribution >= 0.6 is 23.2 Å². The Bertz CT molecular complexity index is 201. The van der Waals surface area contributed by atoms with Crippen molar-refractivity contribution in [3.05, 3.63) is 0 Å². The van der Waals surface area contributed by atoms with Crippen molar-refractivity contribution in [3.8, 4) is 0 Å². The fourth-order valence-electron chi connectivity index (χ4n) is 1.22. The molecule has 0 heterocycles. The molecule has 0 aromatic heterocycles. The first-order valence-electron chi connectivity index (χ1n) is 6.23. The number of nitrogens with zero attached hydrogens (tertiary/aromatic N) is 1. The van der Waals surface area contributed by atoms with E-state index in [1.807, 2.05) is 0 Å². The molecule has 0 N–H and O–H groups in total. The van der Waals surface area contributed by atoms with E-state index in [2.05, 4.69) is 38.8 Å². The summed E-state index contributed by atoms with van der Waals surface area (Å²) in [6, 6.07) is 0. The van der Waals surface area contributed by atoms with Crippen LogP contribution in [-0.2, 0) is 4.43 Å². The second-order valence-corrected chi connectivity index (χ2v) is 11.4. The van der Waals surface area contributed by atoms with Crippen LogP contribution in [0.25, 0.3) is 0 Å². The van der Waals surface area contributed by atoms with Gasteiger partial charge in [0.2, 0.25) is 0 Å². The Hall–Kier alpha value is 0.717. The Morgan fingerprint density at radius 2 is 1.47 bits per heavy atom. The fourth-order valence-corrected chi connectivity index (χ4v) is 2.73. The quantitative estimate of drug-likeness (QED) is 0.384. The molecule has 0 aromatic carbocycles. The van der Waals surface area contributed by atoms with Gasteiger partial charge in [0.15, 0.2) is 8.32 Å². The lowest BCUT2D eigenvalue weighted by atomic mass is 10.2. The van der Waals surface area contributed by atoms with E-state index in [0.29, 0.717) is 11.8 Å². The Morgan fingerprint density at radius 1 is 1.00 bits per heavy atom. The molecule has 0 aliphatic rings. The van der Waals surface area contributed by atoms with Gasteiger partial charge in [0, 0.05) is 38.0 Å². The Labute approximate surface area is 118 Å². The van der Waals surface area contributed by atoms with Gasteiger partial charge in [0.05, 0.1) is 0 Å². The molecular formula is C12H27Cl2NOSi. The first kappa shape index (κ1) is 17.7. The van der Waals surface area contributed by atoms with E-state index in [1.54, 1.807) is 0 Å². The normalized spacial score (nSPS) is 13.4. The molecule has 0 saturated carbocycles. The molecular weight excluding hydrogens is 279 g/mol. The summed E-state index contributed by atoms with van der Waals surface area (Å²) >= 11 is 11.5. The lowest BCUT2D eigenvalue weighted by Gasteiger charge is -2.36. The van der Waals surface area contributed by atoms with Crippen molar-refractivity contribution in [2.75, 3.05) is 38.0 Å². The van der Waals surface area contributed by atoms with Crippen LogP contribution in [0, 0.1) is 0 Å². The highest BCUT2D eigenvalue weighted by Crippen LogP contribution is 2.36. The van der Waals surface area contributed by atoms with E-state index in [1.165, 1.54) is 0 Å². The summed E-state index contributed by atoms with van der Waals surface area (Å²) in [5.41, 5.74) is 0. The summed E-state index contributed by atoms with van der Waals surface area (Å²) in [4.78, 5) is 2.26. The predicted molar refractivity (Wildman–Crippen MR) is 81.0 cm³/mol. The molecule has 0 unspecified atom stereocenters. The van der Waals surface area contributed by atoms with E-state index < -0.39 is 8.32 Å². The largest absolute Gasteiger partial charge is 0.416 e. The number of halogens is 2. The van der Waals surface area contributed by atoms with Gasteiger partial charge >= 0.3 is 0 Å². The van der Waals surface area contributed by atoms with Gasteiger partial charge in [-0.15, -0.1) is 23.2 Å². The van der Waals surface area contributed by atoms with Crippen molar-refractivity contribution >= 4 is 31.5 Å². The van der Waals surface area contributed by atoms with E-state index in [4.69, 9.17) is 27.6 Å². The molecule has 0 atom stereocenters. The van der Waals surface area contributed by atoms with Gasteiger partial charge < -0.3 is 4.43 Å². The molecule has 0 saturated heterocycles. The zero-order valence-electron chi connectivity index (χ0n) is 11.9. The third kappa shape index (κ3) is 7.02. The van der Waals surface area contributed by atoms with Gasteiger partial charge in [-0.05, 0) is 18.1 Å². The molecule has 0 aliphatic carbocycles. The standard InChI is InChI=1S/C12H27Cl2NOSi/c1-12(2,3)17(4,5)16-11-10-15(8-6-13)9-7-14/h6-11H2,1-5H3/i6+1,7+1,8+1,9+1,10+1,11+1. The molecule has 0 fully saturated rings. The Kier molecular flexibility index (Phi) is 8.34. The van der Waals surface area contributed by atoms with Gasteiger partial charge in [-0.25, -0.2) is 0 Å². The number of hydrogen-bond donors (Lipinski definition) is 0. The zero-order valence-corrected chi connectivity index (χ0v) is 14.4. The lowest BCUT2D eigenvalue weighted by Crippen LogP contribution is -2.43. The molecule has 17 heavy (non-hydrogen) atoms. The molecule has 0 radical (unpaired) electrons. The minimum absolute atomic E-state index is 0.275. The fraction of sp³-hybridized carbons (Fsp3) is 1.00. The summed E-state index contributed by atoms with van der Waals surface area (Å²) in [5, 5.41) is 0.275. The highest BCUT2D eigenvalue weighted by atomic mass is 35.5. The molecule has 0 bridgehead atoms. The monoisotopic (exact) mass is 305 g/mol. The first-order chi connectivity index (χ1) is 7.74. The van der Waals surface area contributed by atoms with E-state index >= 15 is 0 Å². The van der Waals surface area contributed by atoms with E-state index in [-0.39, 0.29) is 5.04 Å². The molecule has 0 aromatic rings. The number of alkyl halides is 2. The Balaban J connectivity index is 4.03. The van der Waals surface area contributed by atoms with Crippen LogP contribution < -0.4 is 0 Å². The maximum atomic E-state index is 6.13. The number of hydrogen-bond acceptors (Lipinski definition) is 2. The third-order valence-corrected chi connectivity index (χ3v) is 8.35. The van der Waals surface area contributed by atoms with Gasteiger partial charge in [-0.1, -0.05) is 20.8 Å². The van der Waals surface area contributed by atoms with Crippen LogP contribution in [0.3, 0.4) is 0 Å². The van der Waals surface area contributed by atoms with Gasteiger partial charge in [0.25, 0.3) is 0 Å². The van der Waals surface area contributed by atoms with Crippen LogP contribution in [0.1, 0.15) is 20.8 Å². The zero-order chi connectivity index (χ0) is 13.5. The smallest absolute Gasteiger partial charge is 0.192 e. The van der Waals surface area contributed by atoms with Crippen LogP contribution in [0.15, 0.2) is 0 Å². The minimum Gasteiger partial charge on any atom is -0.416 e. The summed E-state index contributed by atoms with van der Waals surface area (Å²) in [7, 11) is -1.61. The summed E-state index contributed by atoms with van der Waals surface area (Å²) in [6.07, 6.45) is 0. The molecule has 0 amide bonds. The second-order valence-electron chi connectivity index (χ2n) is 5.83. The Morgan fingerprint density at radius 3 is 1.82 bits per heavy atom. The molecule has 104 valence electrons. The molecule has 0 aliphatic heterocycles. The average Bonchev–Trinajstić information content (AvgIpc) is 2.16. The van der Waals surface area contributed by atoms with E-state index in [0.717, 1.165) is 26.2 Å².